The number of urea groups is 1. The molecule has 1 aromatic carbocycles. The molecular weight excluding hydrogens is 488 g/mol. The maximum absolute atomic E-state index is 13.3. The minimum Gasteiger partial charge on any atom is -0.496 e. The van der Waals surface area contributed by atoms with E-state index in [2.05, 4.69) is 10.3 Å². The van der Waals surface area contributed by atoms with E-state index in [9.17, 15) is 41.0 Å². The van der Waals surface area contributed by atoms with Crippen LogP contribution in [0.1, 0.15) is 34.8 Å². The highest BCUT2D eigenvalue weighted by Gasteiger charge is 2.47. The monoisotopic (exact) mass is 507 g/mol. The van der Waals surface area contributed by atoms with Crippen molar-refractivity contribution in [3.63, 3.8) is 0 Å². The lowest BCUT2D eigenvalue weighted by atomic mass is 9.95. The third kappa shape index (κ3) is 5.75. The summed E-state index contributed by atoms with van der Waals surface area (Å²) in [6, 6.07) is -0.133. The molecule has 0 aliphatic carbocycles. The lowest BCUT2D eigenvalue weighted by Gasteiger charge is -2.24. The first-order valence-electron chi connectivity index (χ1n) is 10.0. The van der Waals surface area contributed by atoms with Crippen molar-refractivity contribution < 1.29 is 50.5 Å². The summed E-state index contributed by atoms with van der Waals surface area (Å²) < 4.78 is 89.8. The molecule has 1 aliphatic heterocycles. The Kier molecular flexibility index (Phi) is 7.43. The first-order valence-corrected chi connectivity index (χ1v) is 10.0. The van der Waals surface area contributed by atoms with Gasteiger partial charge in [-0.1, -0.05) is 0 Å². The summed E-state index contributed by atoms with van der Waals surface area (Å²) in [5, 5.41) is 11.8. The number of pyridine rings is 1. The highest BCUT2D eigenvalue weighted by atomic mass is 19.4. The van der Waals surface area contributed by atoms with Crippen molar-refractivity contribution in [3.8, 4) is 5.75 Å². The van der Waals surface area contributed by atoms with Gasteiger partial charge in [0.2, 0.25) is 0 Å². The van der Waals surface area contributed by atoms with E-state index in [4.69, 9.17) is 9.47 Å². The third-order valence-electron chi connectivity index (χ3n) is 5.20. The van der Waals surface area contributed by atoms with Crippen LogP contribution >= 0.6 is 0 Å². The predicted octanol–water partition coefficient (Wildman–Crippen LogP) is 4.28. The molecular formula is C21H19F6N3O5. The van der Waals surface area contributed by atoms with Gasteiger partial charge in [-0.2, -0.15) is 26.3 Å². The molecule has 0 unspecified atom stereocenters. The number of hydrogen-bond donors (Lipinski definition) is 2. The minimum absolute atomic E-state index is 0.0624. The lowest BCUT2D eigenvalue weighted by molar-refractivity contribution is -0.143. The fraction of sp³-hybridized carbons (Fsp3) is 0.381. The van der Waals surface area contributed by atoms with E-state index in [0.29, 0.717) is 28.3 Å². The Morgan fingerprint density at radius 1 is 1.17 bits per heavy atom. The predicted molar refractivity (Wildman–Crippen MR) is 106 cm³/mol. The van der Waals surface area contributed by atoms with Gasteiger partial charge in [0.05, 0.1) is 24.3 Å². The number of aliphatic hydroxyl groups excluding tert-OH is 1. The fourth-order valence-electron chi connectivity index (χ4n) is 3.60. The standard InChI is InChI=1S/C21H19F6N3O5/c1-34-16-2-4-28-9-12(16)10-29-18(32)30-15(3-5-31)17(35-19(30)33)11-6-13(20(22,23)24)8-14(7-11)21(25,26)27/h2,4,6-9,15,17,31H,3,5,10H2,1H3,(H,29,32)/t15-,17+/m0/s1. The Balaban J connectivity index is 1.92. The molecule has 3 amide bonds. The molecule has 2 aromatic rings. The molecule has 14 heteroatoms. The van der Waals surface area contributed by atoms with Gasteiger partial charge >= 0.3 is 24.5 Å². The van der Waals surface area contributed by atoms with E-state index in [1.165, 1.54) is 25.6 Å². The number of halogens is 6. The Bertz CT molecular complexity index is 1060. The van der Waals surface area contributed by atoms with Crippen LogP contribution in [-0.2, 0) is 23.6 Å². The normalized spacial score (nSPS) is 18.4. The molecule has 0 bridgehead atoms. The van der Waals surface area contributed by atoms with Crippen LogP contribution in [0.5, 0.6) is 5.75 Å². The van der Waals surface area contributed by atoms with Gasteiger partial charge in [0.15, 0.2) is 0 Å². The molecule has 190 valence electrons. The highest BCUT2D eigenvalue weighted by molar-refractivity contribution is 5.93. The van der Waals surface area contributed by atoms with E-state index in [-0.39, 0.29) is 19.0 Å². The SMILES string of the molecule is COc1ccncc1CNC(=O)N1C(=O)O[C@H](c2cc(C(F)(F)F)cc(C(F)(F)F)c2)[C@@H]1CCO. The number of hydrogen-bond acceptors (Lipinski definition) is 6. The van der Waals surface area contributed by atoms with Crippen LogP contribution in [0.2, 0.25) is 0 Å². The average molecular weight is 507 g/mol. The van der Waals surface area contributed by atoms with Crippen molar-refractivity contribution in [3.05, 3.63) is 58.9 Å². The molecule has 2 N–H and O–H groups in total. The maximum Gasteiger partial charge on any atom is 0.419 e. The number of methoxy groups -OCH3 is 1. The van der Waals surface area contributed by atoms with E-state index in [0.717, 1.165) is 0 Å². The number of benzene rings is 1. The number of aromatic nitrogens is 1. The summed E-state index contributed by atoms with van der Waals surface area (Å²) in [5.41, 5.74) is -3.40. The number of alkyl halides is 6. The molecule has 1 saturated heterocycles. The van der Waals surface area contributed by atoms with E-state index in [1.54, 1.807) is 0 Å². The second-order valence-corrected chi connectivity index (χ2v) is 7.44. The van der Waals surface area contributed by atoms with E-state index >= 15 is 0 Å². The van der Waals surface area contributed by atoms with Gasteiger partial charge in [-0.15, -0.1) is 0 Å². The molecule has 1 aliphatic rings. The second-order valence-electron chi connectivity index (χ2n) is 7.44. The Labute approximate surface area is 194 Å². The van der Waals surface area contributed by atoms with Gasteiger partial charge in [0, 0.05) is 31.1 Å². The van der Waals surface area contributed by atoms with Crippen LogP contribution in [0.3, 0.4) is 0 Å². The number of aliphatic hydroxyl groups is 1. The van der Waals surface area contributed by atoms with E-state index < -0.39 is 59.9 Å². The van der Waals surface area contributed by atoms with Gasteiger partial charge in [0.25, 0.3) is 0 Å². The van der Waals surface area contributed by atoms with Crippen molar-refractivity contribution in [1.29, 1.82) is 0 Å². The summed E-state index contributed by atoms with van der Waals surface area (Å²) in [4.78, 5) is 29.6. The fourth-order valence-corrected chi connectivity index (χ4v) is 3.60. The Morgan fingerprint density at radius 2 is 1.80 bits per heavy atom. The van der Waals surface area contributed by atoms with Crippen molar-refractivity contribution in [2.24, 2.45) is 0 Å². The van der Waals surface area contributed by atoms with Crippen LogP contribution < -0.4 is 10.1 Å². The zero-order valence-corrected chi connectivity index (χ0v) is 18.0. The first-order chi connectivity index (χ1) is 16.4. The number of cyclic esters (lactones) is 1. The number of rotatable bonds is 6. The summed E-state index contributed by atoms with van der Waals surface area (Å²) >= 11 is 0. The largest absolute Gasteiger partial charge is 0.496 e. The molecule has 35 heavy (non-hydrogen) atoms. The number of nitrogens with zero attached hydrogens (tertiary/aromatic N) is 2. The van der Waals surface area contributed by atoms with Crippen LogP contribution in [0.15, 0.2) is 36.7 Å². The molecule has 8 nitrogen and oxygen atoms in total. The number of amides is 3. The quantitative estimate of drug-likeness (QED) is 0.567. The van der Waals surface area contributed by atoms with Gasteiger partial charge < -0.3 is 19.9 Å². The van der Waals surface area contributed by atoms with Gasteiger partial charge in [-0.3, -0.25) is 4.98 Å². The number of carbonyl (C=O) groups excluding carboxylic acids is 2. The molecule has 1 fully saturated rings. The number of carbonyl (C=O) groups is 2. The molecule has 0 spiro atoms. The zero-order chi connectivity index (χ0) is 26.0. The van der Waals surface area contributed by atoms with E-state index in [1.807, 2.05) is 0 Å². The number of imide groups is 1. The number of ether oxygens (including phenoxy) is 2. The highest BCUT2D eigenvalue weighted by Crippen LogP contribution is 2.41. The van der Waals surface area contributed by atoms with Crippen molar-refractivity contribution in [1.82, 2.24) is 15.2 Å². The summed E-state index contributed by atoms with van der Waals surface area (Å²) in [6.45, 7) is -0.805. The maximum atomic E-state index is 13.3. The second kappa shape index (κ2) is 9.98. The smallest absolute Gasteiger partial charge is 0.419 e. The molecule has 3 rings (SSSR count). The van der Waals surface area contributed by atoms with Crippen molar-refractivity contribution >= 4 is 12.1 Å². The van der Waals surface area contributed by atoms with Crippen molar-refractivity contribution in [2.75, 3.05) is 13.7 Å². The molecule has 0 radical (unpaired) electrons. The minimum atomic E-state index is -5.12. The van der Waals surface area contributed by atoms with Crippen molar-refractivity contribution in [2.45, 2.75) is 37.5 Å². The lowest BCUT2D eigenvalue weighted by Crippen LogP contribution is -2.45. The van der Waals surface area contributed by atoms with Crippen LogP contribution in [0.4, 0.5) is 35.9 Å². The average Bonchev–Trinajstić information content (AvgIpc) is 3.12. The zero-order valence-electron chi connectivity index (χ0n) is 18.0. The summed E-state index contributed by atoms with van der Waals surface area (Å²) in [5.74, 6) is 0.373. The Morgan fingerprint density at radius 3 is 2.34 bits per heavy atom. The molecule has 2 heterocycles. The molecule has 2 atom stereocenters. The molecule has 0 saturated carbocycles. The topological polar surface area (TPSA) is 101 Å². The van der Waals surface area contributed by atoms with Gasteiger partial charge in [-0.25, -0.2) is 14.5 Å². The third-order valence-corrected chi connectivity index (χ3v) is 5.20. The first kappa shape index (κ1) is 26.1. The van der Waals surface area contributed by atoms with Crippen LogP contribution in [0, 0.1) is 0 Å². The summed E-state index contributed by atoms with van der Waals surface area (Å²) in [7, 11) is 1.38. The van der Waals surface area contributed by atoms with Gasteiger partial charge in [0.1, 0.15) is 11.9 Å². The number of nitrogens with one attached hydrogen (secondary N) is 1. The molecule has 1 aromatic heterocycles. The van der Waals surface area contributed by atoms with Crippen LogP contribution in [0.25, 0.3) is 0 Å². The summed E-state index contributed by atoms with van der Waals surface area (Å²) in [6.07, 6.45) is -10.8. The van der Waals surface area contributed by atoms with Crippen LogP contribution in [-0.4, -0.2) is 46.9 Å². The van der Waals surface area contributed by atoms with Gasteiger partial charge in [-0.05, 0) is 36.2 Å². The Hall–Kier alpha value is -3.55.